The molecule has 0 radical (unpaired) electrons. The van der Waals surface area contributed by atoms with Gasteiger partial charge < -0.3 is 40.8 Å². The van der Waals surface area contributed by atoms with Gasteiger partial charge in [0.15, 0.2) is 23.0 Å². The first-order valence-corrected chi connectivity index (χ1v) is 24.4. The van der Waals surface area contributed by atoms with Gasteiger partial charge in [-0.15, -0.1) is 0 Å². The third-order valence-electron chi connectivity index (χ3n) is 13.8. The quantitative estimate of drug-likeness (QED) is 0.0374. The van der Waals surface area contributed by atoms with Crippen LogP contribution < -0.4 is 24.3 Å². The molecular weight excluding hydrogens is 987 g/mol. The molecule has 1 amide bonds. The van der Waals surface area contributed by atoms with E-state index in [-0.39, 0.29) is 69.7 Å². The number of hydrogen-bond donors (Lipinski definition) is 1. The Kier molecular flexibility index (Phi) is 16.6. The third kappa shape index (κ3) is 11.4. The van der Waals surface area contributed by atoms with Crippen molar-refractivity contribution in [1.29, 1.82) is 0 Å². The zero-order valence-corrected chi connectivity index (χ0v) is 44.5. The zero-order chi connectivity index (χ0) is 49.3. The van der Waals surface area contributed by atoms with Gasteiger partial charge in [-0.25, -0.2) is 0 Å². The van der Waals surface area contributed by atoms with E-state index in [0.29, 0.717) is 39.0 Å². The number of ether oxygens (including phenoxy) is 4. The van der Waals surface area contributed by atoms with Crippen LogP contribution in [-0.4, -0.2) is 53.3 Å². The van der Waals surface area contributed by atoms with E-state index in [2.05, 4.69) is 108 Å². The maximum atomic E-state index is 13.5. The summed E-state index contributed by atoms with van der Waals surface area (Å²) < 4.78 is 26.4. The topological polar surface area (TPSA) is 159 Å². The molecule has 10 rings (SSSR count). The van der Waals surface area contributed by atoms with Crippen LogP contribution in [0.15, 0.2) is 90.0 Å². The second kappa shape index (κ2) is 21.7. The number of carbonyl (C=O) groups excluding carboxylic acids is 3. The van der Waals surface area contributed by atoms with E-state index in [9.17, 15) is 14.4 Å². The number of carbonyl (C=O) groups is 3. The Labute approximate surface area is 432 Å². The van der Waals surface area contributed by atoms with E-state index in [1.54, 1.807) is 0 Å². The average Bonchev–Trinajstić information content (AvgIpc) is 4.08. The Morgan fingerprint density at radius 1 is 0.634 bits per heavy atom. The van der Waals surface area contributed by atoms with Crippen LogP contribution in [0, 0.1) is 7.43 Å². The molecule has 4 aromatic carbocycles. The number of amides is 1. The Morgan fingerprint density at radius 2 is 1.06 bits per heavy atom. The number of fused-ring (bicyclic) bond motifs is 4. The van der Waals surface area contributed by atoms with E-state index in [1.807, 2.05) is 56.3 Å². The molecular formula is C57H69N6O7Pd-. The van der Waals surface area contributed by atoms with Crippen molar-refractivity contribution < 1.29 is 53.8 Å². The standard InChI is InChI=1S/C28H32N2O4.C26H28N4O3.C2H6.CH3.Pd/c1-18(31)29-11-12-30-22-7-5-19(13-20(22)15-25(30)27(2,3)4)14-26(32)28(9-10-28)21-6-8-23-24(16-21)34-17-33-23;1-25(2,3)23-14-18-12-17(4-6-20(18)30(23)11-10-28-29-27)13-24(31)26(8-9-26)19-5-7-21-22(15-19)33-16-32-21;1-2;;/h5-8,13,15-16H,9-12,14,17H2,1-4H3,(H,29,31);4-7,12,14-15H,8-11,13,16H2,1-3H3;1-2H3;1H3;/q;;;-1;. The minimum absolute atomic E-state index is 0. The van der Waals surface area contributed by atoms with Crippen molar-refractivity contribution in [2.24, 2.45) is 5.11 Å². The molecule has 2 fully saturated rings. The number of nitrogens with zero attached hydrogens (tertiary/aromatic N) is 5. The van der Waals surface area contributed by atoms with Gasteiger partial charge in [0, 0.05) is 115 Å². The average molecular weight is 1060 g/mol. The predicted molar refractivity (Wildman–Crippen MR) is 276 cm³/mol. The second-order valence-electron chi connectivity index (χ2n) is 20.6. The monoisotopic (exact) mass is 1060 g/mol. The van der Waals surface area contributed by atoms with Crippen LogP contribution >= 0.6 is 0 Å². The van der Waals surface area contributed by atoms with Gasteiger partial charge in [-0.05, 0) is 114 Å². The number of rotatable bonds is 14. The minimum Gasteiger partial charge on any atom is -0.454 e. The van der Waals surface area contributed by atoms with Crippen molar-refractivity contribution in [3.63, 3.8) is 0 Å². The van der Waals surface area contributed by atoms with Crippen molar-refractivity contribution in [2.75, 3.05) is 26.7 Å². The summed E-state index contributed by atoms with van der Waals surface area (Å²) >= 11 is 0. The number of benzene rings is 4. The third-order valence-corrected chi connectivity index (χ3v) is 13.8. The molecule has 0 saturated heterocycles. The molecule has 1 N–H and O–H groups in total. The molecule has 2 aliphatic heterocycles. The largest absolute Gasteiger partial charge is 0.454 e. The van der Waals surface area contributed by atoms with Crippen LogP contribution in [0.4, 0.5) is 0 Å². The molecule has 0 spiro atoms. The molecule has 6 aromatic rings. The Morgan fingerprint density at radius 3 is 1.45 bits per heavy atom. The number of ketones is 2. The van der Waals surface area contributed by atoms with E-state index in [1.165, 1.54) is 18.3 Å². The number of nitrogens with one attached hydrogen (secondary N) is 1. The Bertz CT molecular complexity index is 2980. The van der Waals surface area contributed by atoms with E-state index in [4.69, 9.17) is 24.5 Å². The summed E-state index contributed by atoms with van der Waals surface area (Å²) in [5.41, 5.74) is 16.5. The fraction of sp³-hybridized carbons (Fsp3) is 0.439. The first-order valence-electron chi connectivity index (χ1n) is 24.4. The van der Waals surface area contributed by atoms with Gasteiger partial charge in [-0.2, -0.15) is 0 Å². The van der Waals surface area contributed by atoms with Crippen LogP contribution in [0.1, 0.15) is 122 Å². The molecule has 0 atom stereocenters. The van der Waals surface area contributed by atoms with Gasteiger partial charge in [-0.1, -0.05) is 84.8 Å². The first-order chi connectivity index (χ1) is 33.0. The molecule has 0 unspecified atom stereocenters. The van der Waals surface area contributed by atoms with Crippen LogP contribution in [0.5, 0.6) is 23.0 Å². The van der Waals surface area contributed by atoms with Crippen molar-refractivity contribution in [3.05, 3.63) is 136 Å². The van der Waals surface area contributed by atoms with Crippen molar-refractivity contribution >= 4 is 39.3 Å². The molecule has 380 valence electrons. The number of azide groups is 1. The van der Waals surface area contributed by atoms with Crippen molar-refractivity contribution in [1.82, 2.24) is 14.5 Å². The summed E-state index contributed by atoms with van der Waals surface area (Å²) in [6, 6.07) is 28.8. The predicted octanol–water partition coefficient (Wildman–Crippen LogP) is 11.9. The number of aromatic nitrogens is 2. The first kappa shape index (κ1) is 54.3. The van der Waals surface area contributed by atoms with Gasteiger partial charge >= 0.3 is 0 Å². The fourth-order valence-electron chi connectivity index (χ4n) is 9.92. The number of Topliss-reactive ketones (excluding diaryl/α,β-unsaturated/α-hetero) is 2. The van der Waals surface area contributed by atoms with Crippen molar-refractivity contribution in [2.45, 2.75) is 136 Å². The number of hydrogen-bond acceptors (Lipinski definition) is 8. The minimum atomic E-state index is -0.409. The smallest absolute Gasteiger partial charge is 0.231 e. The summed E-state index contributed by atoms with van der Waals surface area (Å²) in [6.07, 6.45) is 4.31. The van der Waals surface area contributed by atoms with Gasteiger partial charge in [0.25, 0.3) is 0 Å². The van der Waals surface area contributed by atoms with Gasteiger partial charge in [-0.3, -0.25) is 14.4 Å². The fourth-order valence-corrected chi connectivity index (χ4v) is 9.92. The van der Waals surface area contributed by atoms with Gasteiger partial charge in [0.2, 0.25) is 19.5 Å². The normalized spacial score (nSPS) is 15.2. The molecule has 4 aliphatic rings. The summed E-state index contributed by atoms with van der Waals surface area (Å²) in [4.78, 5) is 41.1. The molecule has 13 nitrogen and oxygen atoms in total. The van der Waals surface area contributed by atoms with Crippen LogP contribution in [0.2, 0.25) is 0 Å². The molecule has 0 bridgehead atoms. The Hall–Kier alpha value is -6.06. The van der Waals surface area contributed by atoms with Crippen LogP contribution in [0.25, 0.3) is 32.2 Å². The SMILES string of the molecule is CC.CC(=O)NCCn1c(C(C)(C)C)cc2cc(CC(=O)C3(c4ccc5c(c4)OCO5)CC3)ccc21.CC(C)(C)c1cc2cc(CC(=O)C3(c4ccc5c(c4)OCO5)CC3)ccc2n1CCN=[N+]=[N-].[CH3-].[Pd]. The maximum Gasteiger partial charge on any atom is 0.231 e. The Balaban J connectivity index is 0.000000219. The second-order valence-corrected chi connectivity index (χ2v) is 20.6. The van der Waals surface area contributed by atoms with Crippen LogP contribution in [-0.2, 0) is 82.4 Å². The summed E-state index contributed by atoms with van der Waals surface area (Å²) in [7, 11) is 0. The van der Waals surface area contributed by atoms with E-state index < -0.39 is 10.8 Å². The van der Waals surface area contributed by atoms with Gasteiger partial charge in [0.1, 0.15) is 11.6 Å². The van der Waals surface area contributed by atoms with E-state index in [0.717, 1.165) is 92.7 Å². The molecule has 2 saturated carbocycles. The van der Waals surface area contributed by atoms with E-state index >= 15 is 0 Å². The van der Waals surface area contributed by atoms with Crippen LogP contribution in [0.3, 0.4) is 0 Å². The zero-order valence-electron chi connectivity index (χ0n) is 43.0. The van der Waals surface area contributed by atoms with Crippen molar-refractivity contribution in [3.8, 4) is 23.0 Å². The summed E-state index contributed by atoms with van der Waals surface area (Å²) in [6.45, 7) is 21.5. The molecule has 14 heteroatoms. The summed E-state index contributed by atoms with van der Waals surface area (Å²) in [5, 5.41) is 8.86. The van der Waals surface area contributed by atoms with Gasteiger partial charge in [0.05, 0.1) is 10.8 Å². The molecule has 2 aliphatic carbocycles. The molecule has 2 aromatic heterocycles. The molecule has 71 heavy (non-hydrogen) atoms. The summed E-state index contributed by atoms with van der Waals surface area (Å²) in [5.74, 6) is 3.43. The molecule has 4 heterocycles. The maximum absolute atomic E-state index is 13.5.